The highest BCUT2D eigenvalue weighted by Crippen LogP contribution is 2.25. The van der Waals surface area contributed by atoms with E-state index in [1.807, 2.05) is 54.7 Å². The molecule has 2 heterocycles. The van der Waals surface area contributed by atoms with Crippen molar-refractivity contribution < 1.29 is 9.53 Å². The van der Waals surface area contributed by atoms with Gasteiger partial charge in [0.05, 0.1) is 23.3 Å². The molecule has 6 heteroatoms. The summed E-state index contributed by atoms with van der Waals surface area (Å²) in [4.78, 5) is 12.7. The Hall–Kier alpha value is -3.12. The van der Waals surface area contributed by atoms with Gasteiger partial charge in [0.15, 0.2) is 5.69 Å². The summed E-state index contributed by atoms with van der Waals surface area (Å²) in [6, 6.07) is 15.5. The Bertz CT molecular complexity index is 1050. The molecule has 0 aliphatic heterocycles. The van der Waals surface area contributed by atoms with Crippen molar-refractivity contribution in [2.75, 3.05) is 19.0 Å². The highest BCUT2D eigenvalue weighted by Gasteiger charge is 2.15. The lowest BCUT2D eigenvalue weighted by Gasteiger charge is -2.08. The molecule has 25 heavy (non-hydrogen) atoms. The Labute approximate surface area is 144 Å². The zero-order chi connectivity index (χ0) is 17.2. The van der Waals surface area contributed by atoms with Gasteiger partial charge in [-0.1, -0.05) is 24.3 Å². The number of carbonyl (C=O) groups is 1. The molecule has 0 saturated carbocycles. The molecule has 0 bridgehead atoms. The molecule has 4 aromatic rings. The second kappa shape index (κ2) is 6.41. The molecule has 0 unspecified atom stereocenters. The first-order valence-electron chi connectivity index (χ1n) is 8.09. The smallest absolute Gasteiger partial charge is 0.276 e. The van der Waals surface area contributed by atoms with E-state index in [1.165, 1.54) is 0 Å². The third-order valence-electron chi connectivity index (χ3n) is 4.28. The topological polar surface area (TPSA) is 71.9 Å². The zero-order valence-electron chi connectivity index (χ0n) is 13.8. The van der Waals surface area contributed by atoms with Crippen LogP contribution in [-0.4, -0.2) is 34.4 Å². The Morgan fingerprint density at radius 2 is 2.04 bits per heavy atom. The molecule has 1 amide bonds. The van der Waals surface area contributed by atoms with Gasteiger partial charge >= 0.3 is 0 Å². The Morgan fingerprint density at radius 1 is 1.16 bits per heavy atom. The third kappa shape index (κ3) is 2.77. The number of methoxy groups -OCH3 is 1. The largest absolute Gasteiger partial charge is 0.383 e. The molecule has 4 rings (SSSR count). The monoisotopic (exact) mass is 334 g/mol. The summed E-state index contributed by atoms with van der Waals surface area (Å²) in [7, 11) is 1.69. The molecule has 2 N–H and O–H groups in total. The molecule has 0 spiro atoms. The number of amides is 1. The van der Waals surface area contributed by atoms with Crippen LogP contribution in [0, 0.1) is 0 Å². The van der Waals surface area contributed by atoms with Crippen molar-refractivity contribution >= 4 is 33.4 Å². The van der Waals surface area contributed by atoms with Crippen LogP contribution in [0.3, 0.4) is 0 Å². The highest BCUT2D eigenvalue weighted by atomic mass is 16.5. The number of hydrogen-bond acceptors (Lipinski definition) is 3. The van der Waals surface area contributed by atoms with Crippen molar-refractivity contribution in [1.82, 2.24) is 14.8 Å². The molecule has 0 aliphatic carbocycles. The van der Waals surface area contributed by atoms with Crippen molar-refractivity contribution in [3.8, 4) is 0 Å². The first-order valence-corrected chi connectivity index (χ1v) is 8.09. The number of H-pyrrole nitrogens is 1. The van der Waals surface area contributed by atoms with E-state index in [0.717, 1.165) is 34.0 Å². The predicted octanol–water partition coefficient (Wildman–Crippen LogP) is 3.42. The van der Waals surface area contributed by atoms with Crippen LogP contribution in [-0.2, 0) is 11.3 Å². The number of benzene rings is 2. The summed E-state index contributed by atoms with van der Waals surface area (Å²) in [6.07, 6.45) is 2.00. The van der Waals surface area contributed by atoms with E-state index in [0.29, 0.717) is 12.3 Å². The second-order valence-corrected chi connectivity index (χ2v) is 5.81. The van der Waals surface area contributed by atoms with Gasteiger partial charge in [0.25, 0.3) is 5.91 Å². The SMILES string of the molecule is COCCn1ccc2c(NC(=O)c3n[nH]c4ccccc34)cccc21. The van der Waals surface area contributed by atoms with E-state index in [4.69, 9.17) is 4.74 Å². The van der Waals surface area contributed by atoms with Gasteiger partial charge in [0.2, 0.25) is 0 Å². The minimum atomic E-state index is -0.227. The number of anilines is 1. The number of carbonyl (C=O) groups excluding carboxylic acids is 1. The van der Waals surface area contributed by atoms with Crippen LogP contribution in [0.15, 0.2) is 54.7 Å². The second-order valence-electron chi connectivity index (χ2n) is 5.81. The van der Waals surface area contributed by atoms with E-state index in [2.05, 4.69) is 20.1 Å². The molecule has 0 atom stereocenters. The quantitative estimate of drug-likeness (QED) is 0.587. The number of rotatable bonds is 5. The number of nitrogens with zero attached hydrogens (tertiary/aromatic N) is 2. The molecule has 0 aliphatic rings. The first kappa shape index (κ1) is 15.4. The van der Waals surface area contributed by atoms with Gasteiger partial charge in [0, 0.05) is 30.6 Å². The van der Waals surface area contributed by atoms with Crippen LogP contribution in [0.5, 0.6) is 0 Å². The maximum absolute atomic E-state index is 12.7. The number of hydrogen-bond donors (Lipinski definition) is 2. The van der Waals surface area contributed by atoms with Gasteiger partial charge in [-0.25, -0.2) is 0 Å². The van der Waals surface area contributed by atoms with Crippen LogP contribution in [0.2, 0.25) is 0 Å². The molecule has 2 aromatic carbocycles. The van der Waals surface area contributed by atoms with E-state index in [-0.39, 0.29) is 5.91 Å². The van der Waals surface area contributed by atoms with E-state index < -0.39 is 0 Å². The van der Waals surface area contributed by atoms with Gasteiger partial charge in [-0.3, -0.25) is 9.89 Å². The number of para-hydroxylation sites is 1. The lowest BCUT2D eigenvalue weighted by Crippen LogP contribution is -2.13. The van der Waals surface area contributed by atoms with Gasteiger partial charge in [-0.2, -0.15) is 5.10 Å². The molecule has 0 saturated heterocycles. The van der Waals surface area contributed by atoms with Crippen molar-refractivity contribution in [2.45, 2.75) is 6.54 Å². The zero-order valence-corrected chi connectivity index (χ0v) is 13.8. The van der Waals surface area contributed by atoms with Crippen LogP contribution in [0.4, 0.5) is 5.69 Å². The van der Waals surface area contributed by atoms with Gasteiger partial charge in [-0.15, -0.1) is 0 Å². The van der Waals surface area contributed by atoms with Crippen molar-refractivity contribution in [3.63, 3.8) is 0 Å². The number of aromatic nitrogens is 3. The lowest BCUT2D eigenvalue weighted by atomic mass is 10.2. The summed E-state index contributed by atoms with van der Waals surface area (Å²) in [6.45, 7) is 1.40. The maximum Gasteiger partial charge on any atom is 0.276 e. The number of fused-ring (bicyclic) bond motifs is 2. The van der Waals surface area contributed by atoms with E-state index in [9.17, 15) is 4.79 Å². The van der Waals surface area contributed by atoms with Crippen molar-refractivity contribution in [1.29, 1.82) is 0 Å². The van der Waals surface area contributed by atoms with Gasteiger partial charge in [-0.05, 0) is 24.3 Å². The molecular weight excluding hydrogens is 316 g/mol. The van der Waals surface area contributed by atoms with E-state index in [1.54, 1.807) is 7.11 Å². The molecule has 0 radical (unpaired) electrons. The minimum absolute atomic E-state index is 0.227. The summed E-state index contributed by atoms with van der Waals surface area (Å²) in [5, 5.41) is 11.8. The lowest BCUT2D eigenvalue weighted by molar-refractivity contribution is 0.102. The number of ether oxygens (including phenoxy) is 1. The fraction of sp³-hybridized carbons (Fsp3) is 0.158. The molecule has 0 fully saturated rings. The average molecular weight is 334 g/mol. The van der Waals surface area contributed by atoms with Gasteiger partial charge in [0.1, 0.15) is 0 Å². The highest BCUT2D eigenvalue weighted by molar-refractivity contribution is 6.13. The molecular formula is C19H18N4O2. The van der Waals surface area contributed by atoms with Crippen LogP contribution in [0.1, 0.15) is 10.5 Å². The van der Waals surface area contributed by atoms with Crippen LogP contribution >= 0.6 is 0 Å². The van der Waals surface area contributed by atoms with Crippen molar-refractivity contribution in [3.05, 3.63) is 60.4 Å². The Balaban J connectivity index is 1.66. The van der Waals surface area contributed by atoms with E-state index >= 15 is 0 Å². The normalized spacial score (nSPS) is 11.2. The fourth-order valence-corrected chi connectivity index (χ4v) is 3.04. The summed E-state index contributed by atoms with van der Waals surface area (Å²) < 4.78 is 7.26. The molecule has 2 aromatic heterocycles. The maximum atomic E-state index is 12.7. The number of nitrogens with one attached hydrogen (secondary N) is 2. The van der Waals surface area contributed by atoms with Gasteiger partial charge < -0.3 is 14.6 Å². The molecule has 6 nitrogen and oxygen atoms in total. The van der Waals surface area contributed by atoms with Crippen LogP contribution < -0.4 is 5.32 Å². The summed E-state index contributed by atoms with van der Waals surface area (Å²) >= 11 is 0. The molecule has 126 valence electrons. The fourth-order valence-electron chi connectivity index (χ4n) is 3.04. The minimum Gasteiger partial charge on any atom is -0.383 e. The predicted molar refractivity (Wildman–Crippen MR) is 97.9 cm³/mol. The first-order chi connectivity index (χ1) is 12.3. The number of aromatic amines is 1. The van der Waals surface area contributed by atoms with Crippen LogP contribution in [0.25, 0.3) is 21.8 Å². The summed E-state index contributed by atoms with van der Waals surface area (Å²) in [5.74, 6) is -0.227. The Morgan fingerprint density at radius 3 is 2.92 bits per heavy atom. The summed E-state index contributed by atoms with van der Waals surface area (Å²) in [5.41, 5.74) is 3.07. The van der Waals surface area contributed by atoms with Crippen molar-refractivity contribution in [2.24, 2.45) is 0 Å². The Kier molecular flexibility index (Phi) is 3.95. The standard InChI is InChI=1S/C19H18N4O2/c1-25-12-11-23-10-9-13-15(7-4-8-17(13)23)20-19(24)18-14-5-2-3-6-16(14)21-22-18/h2-10H,11-12H2,1H3,(H,20,24)(H,21,22). The average Bonchev–Trinajstić information content (AvgIpc) is 3.25. The third-order valence-corrected chi connectivity index (χ3v) is 4.28.